The lowest BCUT2D eigenvalue weighted by atomic mass is 10.2. The van der Waals surface area contributed by atoms with Gasteiger partial charge < -0.3 is 11.1 Å². The summed E-state index contributed by atoms with van der Waals surface area (Å²) in [5.74, 6) is -0.266. The summed E-state index contributed by atoms with van der Waals surface area (Å²) < 4.78 is 1.73. The molecular formula is C12H12N6OS. The quantitative estimate of drug-likeness (QED) is 0.745. The maximum Gasteiger partial charge on any atom is 0.268 e. The molecule has 0 atom stereocenters. The first-order chi connectivity index (χ1) is 9.58. The number of fused-ring (bicyclic) bond motifs is 1. The Morgan fingerprint density at radius 3 is 2.75 bits per heavy atom. The lowest BCUT2D eigenvalue weighted by Crippen LogP contribution is -2.12. The fraction of sp³-hybridized carbons (Fsp3) is 0.167. The second-order valence-corrected chi connectivity index (χ2v) is 5.31. The van der Waals surface area contributed by atoms with Crippen LogP contribution in [0.5, 0.6) is 0 Å². The predicted molar refractivity (Wildman–Crippen MR) is 77.7 cm³/mol. The lowest BCUT2D eigenvalue weighted by Gasteiger charge is -2.02. The van der Waals surface area contributed by atoms with Gasteiger partial charge in [0, 0.05) is 7.05 Å². The molecule has 3 aromatic rings. The lowest BCUT2D eigenvalue weighted by molar-refractivity contribution is 0.103. The Labute approximate surface area is 118 Å². The number of nitrogens with zero attached hydrogens (tertiary/aromatic N) is 4. The van der Waals surface area contributed by atoms with Crippen LogP contribution in [-0.2, 0) is 7.05 Å². The Balaban J connectivity index is 2.00. The molecule has 0 radical (unpaired) electrons. The van der Waals surface area contributed by atoms with Gasteiger partial charge in [-0.1, -0.05) is 0 Å². The zero-order chi connectivity index (χ0) is 14.3. The van der Waals surface area contributed by atoms with E-state index >= 15 is 0 Å². The first kappa shape index (κ1) is 12.5. The Morgan fingerprint density at radius 1 is 1.40 bits per heavy atom. The Kier molecular flexibility index (Phi) is 2.87. The van der Waals surface area contributed by atoms with Crippen LogP contribution in [0.2, 0.25) is 0 Å². The average Bonchev–Trinajstić information content (AvgIpc) is 2.90. The Bertz CT molecular complexity index is 791. The molecule has 0 spiro atoms. The number of rotatable bonds is 2. The molecule has 102 valence electrons. The topological polar surface area (TPSA) is 98.7 Å². The molecule has 0 saturated heterocycles. The molecule has 0 aromatic carbocycles. The molecule has 1 amide bonds. The van der Waals surface area contributed by atoms with E-state index in [0.29, 0.717) is 16.3 Å². The minimum atomic E-state index is -0.266. The smallest absolute Gasteiger partial charge is 0.268 e. The first-order valence-electron chi connectivity index (χ1n) is 5.86. The van der Waals surface area contributed by atoms with Crippen molar-refractivity contribution in [1.29, 1.82) is 0 Å². The van der Waals surface area contributed by atoms with Crippen LogP contribution >= 0.6 is 11.3 Å². The van der Waals surface area contributed by atoms with E-state index in [1.807, 2.05) is 14.0 Å². The van der Waals surface area contributed by atoms with Gasteiger partial charge in [-0.25, -0.2) is 9.97 Å². The van der Waals surface area contributed by atoms with Crippen LogP contribution in [0.1, 0.15) is 15.4 Å². The third-order valence-electron chi connectivity index (χ3n) is 2.91. The summed E-state index contributed by atoms with van der Waals surface area (Å²) in [5.41, 5.74) is 7.89. The molecule has 0 aliphatic carbocycles. The van der Waals surface area contributed by atoms with E-state index in [0.717, 1.165) is 15.9 Å². The van der Waals surface area contributed by atoms with E-state index < -0.39 is 0 Å². The Hall–Kier alpha value is -2.48. The van der Waals surface area contributed by atoms with E-state index in [2.05, 4.69) is 20.4 Å². The van der Waals surface area contributed by atoms with Crippen LogP contribution < -0.4 is 11.1 Å². The summed E-state index contributed by atoms with van der Waals surface area (Å²) in [7, 11) is 1.83. The highest BCUT2D eigenvalue weighted by Crippen LogP contribution is 2.35. The number of thiophene rings is 1. The van der Waals surface area contributed by atoms with Crippen LogP contribution in [-0.4, -0.2) is 25.7 Å². The summed E-state index contributed by atoms with van der Waals surface area (Å²) in [6.07, 6.45) is 4.46. The third kappa shape index (κ3) is 1.90. The van der Waals surface area contributed by atoms with Crippen molar-refractivity contribution in [3.8, 4) is 0 Å². The van der Waals surface area contributed by atoms with Gasteiger partial charge in [0.1, 0.15) is 16.0 Å². The van der Waals surface area contributed by atoms with Crippen LogP contribution in [0.15, 0.2) is 18.7 Å². The monoisotopic (exact) mass is 288 g/mol. The van der Waals surface area contributed by atoms with Crippen LogP contribution in [0.25, 0.3) is 10.2 Å². The number of nitrogens with two attached hydrogens (primary N) is 1. The molecule has 8 heteroatoms. The van der Waals surface area contributed by atoms with Gasteiger partial charge in [0.2, 0.25) is 0 Å². The highest BCUT2D eigenvalue weighted by atomic mass is 32.1. The SMILES string of the molecule is Cc1nn(C)c2sc(C(=O)Nc3cncnc3)c(N)c12. The van der Waals surface area contributed by atoms with Gasteiger partial charge in [-0.15, -0.1) is 11.3 Å². The molecule has 3 aromatic heterocycles. The van der Waals surface area contributed by atoms with Gasteiger partial charge in [-0.05, 0) is 6.92 Å². The fourth-order valence-corrected chi connectivity index (χ4v) is 3.13. The highest BCUT2D eigenvalue weighted by molar-refractivity contribution is 7.21. The van der Waals surface area contributed by atoms with Gasteiger partial charge in [0.25, 0.3) is 5.91 Å². The summed E-state index contributed by atoms with van der Waals surface area (Å²) in [6.45, 7) is 1.87. The van der Waals surface area contributed by atoms with Crippen molar-refractivity contribution >= 4 is 38.8 Å². The number of aryl methyl sites for hydroxylation is 2. The molecule has 3 N–H and O–H groups in total. The standard InChI is InChI=1S/C12H12N6OS/c1-6-8-9(13)10(20-12(8)18(2)17-6)11(19)16-7-3-14-5-15-4-7/h3-5H,13H2,1-2H3,(H,16,19). The predicted octanol–water partition coefficient (Wildman–Crippen LogP) is 1.57. The minimum absolute atomic E-state index is 0.266. The number of nitrogens with one attached hydrogen (secondary N) is 1. The van der Waals surface area contributed by atoms with Crippen LogP contribution in [0.3, 0.4) is 0 Å². The molecule has 0 saturated carbocycles. The first-order valence-corrected chi connectivity index (χ1v) is 6.67. The summed E-state index contributed by atoms with van der Waals surface area (Å²) >= 11 is 1.32. The van der Waals surface area contributed by atoms with Crippen molar-refractivity contribution in [2.45, 2.75) is 6.92 Å². The number of hydrogen-bond acceptors (Lipinski definition) is 6. The number of aromatic nitrogens is 4. The van der Waals surface area contributed by atoms with Crippen LogP contribution in [0.4, 0.5) is 11.4 Å². The van der Waals surface area contributed by atoms with Crippen molar-refractivity contribution in [2.24, 2.45) is 7.05 Å². The summed E-state index contributed by atoms with van der Waals surface area (Å²) in [5, 5.41) is 7.86. The van der Waals surface area contributed by atoms with Crippen molar-refractivity contribution in [3.05, 3.63) is 29.3 Å². The normalized spacial score (nSPS) is 10.9. The fourth-order valence-electron chi connectivity index (χ4n) is 2.05. The second kappa shape index (κ2) is 4.57. The molecule has 0 bridgehead atoms. The van der Waals surface area contributed by atoms with E-state index in [9.17, 15) is 4.79 Å². The number of nitrogen functional groups attached to an aromatic ring is 1. The number of carbonyl (C=O) groups excluding carboxylic acids is 1. The molecule has 0 aliphatic rings. The van der Waals surface area contributed by atoms with Gasteiger partial charge in [-0.3, -0.25) is 9.48 Å². The van der Waals surface area contributed by atoms with Crippen molar-refractivity contribution < 1.29 is 4.79 Å². The number of carbonyl (C=O) groups is 1. The maximum absolute atomic E-state index is 12.3. The second-order valence-electron chi connectivity index (χ2n) is 4.32. The van der Waals surface area contributed by atoms with E-state index in [4.69, 9.17) is 5.73 Å². The summed E-state index contributed by atoms with van der Waals surface area (Å²) in [4.78, 5) is 21.3. The zero-order valence-corrected chi connectivity index (χ0v) is 11.7. The van der Waals surface area contributed by atoms with Gasteiger partial charge in [0.05, 0.1) is 34.8 Å². The molecule has 0 fully saturated rings. The van der Waals surface area contributed by atoms with Gasteiger partial charge in [0.15, 0.2) is 0 Å². The minimum Gasteiger partial charge on any atom is -0.397 e. The number of anilines is 2. The largest absolute Gasteiger partial charge is 0.397 e. The van der Waals surface area contributed by atoms with Gasteiger partial charge >= 0.3 is 0 Å². The van der Waals surface area contributed by atoms with E-state index in [-0.39, 0.29) is 5.91 Å². The number of hydrogen-bond donors (Lipinski definition) is 2. The molecule has 20 heavy (non-hydrogen) atoms. The van der Waals surface area contributed by atoms with Crippen molar-refractivity contribution in [1.82, 2.24) is 19.7 Å². The van der Waals surface area contributed by atoms with Crippen molar-refractivity contribution in [3.63, 3.8) is 0 Å². The highest BCUT2D eigenvalue weighted by Gasteiger charge is 2.21. The number of amides is 1. The maximum atomic E-state index is 12.3. The molecule has 3 rings (SSSR count). The molecular weight excluding hydrogens is 276 g/mol. The zero-order valence-electron chi connectivity index (χ0n) is 10.9. The van der Waals surface area contributed by atoms with Crippen molar-refractivity contribution in [2.75, 3.05) is 11.1 Å². The third-order valence-corrected chi connectivity index (χ3v) is 4.18. The molecule has 0 aliphatic heterocycles. The molecule has 0 unspecified atom stereocenters. The van der Waals surface area contributed by atoms with Crippen LogP contribution in [0, 0.1) is 6.92 Å². The molecule has 7 nitrogen and oxygen atoms in total. The molecule has 3 heterocycles. The average molecular weight is 288 g/mol. The van der Waals surface area contributed by atoms with Gasteiger partial charge in [-0.2, -0.15) is 5.10 Å². The Morgan fingerprint density at radius 2 is 2.10 bits per heavy atom. The summed E-state index contributed by atoms with van der Waals surface area (Å²) in [6, 6.07) is 0. The van der Waals surface area contributed by atoms with E-state index in [1.165, 1.54) is 30.1 Å². The van der Waals surface area contributed by atoms with E-state index in [1.54, 1.807) is 4.68 Å².